The average Bonchev–Trinajstić information content (AvgIpc) is 3.32. The first-order valence-corrected chi connectivity index (χ1v) is 13.2. The van der Waals surface area contributed by atoms with Crippen molar-refractivity contribution in [2.75, 3.05) is 10.2 Å². The van der Waals surface area contributed by atoms with Gasteiger partial charge in [0.05, 0.1) is 33.8 Å². The van der Waals surface area contributed by atoms with Crippen LogP contribution in [0.4, 0.5) is 27.3 Å². The van der Waals surface area contributed by atoms with Crippen molar-refractivity contribution < 1.29 is 14.6 Å². The Bertz CT molecular complexity index is 1900. The summed E-state index contributed by atoms with van der Waals surface area (Å²) >= 11 is 6.09. The van der Waals surface area contributed by atoms with E-state index in [-0.39, 0.29) is 16.5 Å². The second kappa shape index (κ2) is 9.50. The van der Waals surface area contributed by atoms with Gasteiger partial charge in [0, 0.05) is 11.3 Å². The standard InChI is InChI=1S/C31H22ClFN6O2/c1-17-27-28(18-11-14-25(40)26(41)15-18)38-24-10-6-5-9-23(24)35-29(34-19-12-13-22(33)21(32)16-19)31(38)36-30(27)39(37-17)20-7-3-2-4-8-20/h2-16,28,40-41H,1H3,(H,34,35)/t28-/m1/s1. The summed E-state index contributed by atoms with van der Waals surface area (Å²) in [7, 11) is 0. The maximum absolute atomic E-state index is 13.9. The molecule has 0 aliphatic carbocycles. The number of aromatic nitrogens is 2. The maximum Gasteiger partial charge on any atom is 0.179 e. The summed E-state index contributed by atoms with van der Waals surface area (Å²) in [4.78, 5) is 12.1. The average molecular weight is 565 g/mol. The van der Waals surface area contributed by atoms with E-state index in [1.165, 1.54) is 18.2 Å². The Morgan fingerprint density at radius 2 is 1.66 bits per heavy atom. The molecular formula is C31H22ClFN6O2. The van der Waals surface area contributed by atoms with Gasteiger partial charge in [0.25, 0.3) is 0 Å². The van der Waals surface area contributed by atoms with E-state index in [9.17, 15) is 14.6 Å². The number of phenols is 2. The fourth-order valence-corrected chi connectivity index (χ4v) is 5.46. The van der Waals surface area contributed by atoms with E-state index in [0.717, 1.165) is 22.6 Å². The first kappa shape index (κ1) is 24.9. The lowest BCUT2D eigenvalue weighted by atomic mass is 9.93. The molecular weight excluding hydrogens is 543 g/mol. The van der Waals surface area contributed by atoms with Gasteiger partial charge in [-0.05, 0) is 67.1 Å². The number of hydrogen-bond donors (Lipinski definition) is 3. The SMILES string of the molecule is Cc1nn(-c2ccccc2)c2c1[C@@H](c1ccc(O)c(O)c1)N1C(=N2)C(Nc2ccc(F)c(Cl)c2)=Nc2ccccc21. The van der Waals surface area contributed by atoms with Crippen molar-refractivity contribution >= 4 is 46.2 Å². The molecule has 202 valence electrons. The molecule has 4 aromatic carbocycles. The van der Waals surface area contributed by atoms with Crippen molar-refractivity contribution in [2.24, 2.45) is 9.98 Å². The molecule has 0 spiro atoms. The van der Waals surface area contributed by atoms with E-state index in [0.29, 0.717) is 34.4 Å². The number of nitrogens with zero attached hydrogens (tertiary/aromatic N) is 5. The zero-order chi connectivity index (χ0) is 28.2. The quantitative estimate of drug-likeness (QED) is 0.202. The van der Waals surface area contributed by atoms with Gasteiger partial charge in [0.2, 0.25) is 0 Å². The van der Waals surface area contributed by atoms with Gasteiger partial charge in [-0.2, -0.15) is 5.10 Å². The summed E-state index contributed by atoms with van der Waals surface area (Å²) in [6.45, 7) is 1.93. The highest BCUT2D eigenvalue weighted by Crippen LogP contribution is 2.49. The van der Waals surface area contributed by atoms with E-state index < -0.39 is 11.9 Å². The number of halogens is 2. The maximum atomic E-state index is 13.9. The fraction of sp³-hybridized carbons (Fsp3) is 0.0645. The minimum atomic E-state index is -0.524. The van der Waals surface area contributed by atoms with Gasteiger partial charge in [-0.25, -0.2) is 19.1 Å². The zero-order valence-corrected chi connectivity index (χ0v) is 22.4. The van der Waals surface area contributed by atoms with Gasteiger partial charge < -0.3 is 20.4 Å². The minimum Gasteiger partial charge on any atom is -0.504 e. The van der Waals surface area contributed by atoms with Crippen LogP contribution in [-0.4, -0.2) is 31.7 Å². The van der Waals surface area contributed by atoms with Crippen LogP contribution in [0.2, 0.25) is 5.02 Å². The van der Waals surface area contributed by atoms with Gasteiger partial charge in [-0.15, -0.1) is 0 Å². The second-order valence-corrected chi connectivity index (χ2v) is 10.1. The third-order valence-corrected chi connectivity index (χ3v) is 7.43. The number of hydrogen-bond acceptors (Lipinski definition) is 7. The first-order chi connectivity index (χ1) is 19.9. The van der Waals surface area contributed by atoms with Gasteiger partial charge in [0.15, 0.2) is 29.0 Å². The molecule has 0 saturated carbocycles. The molecule has 1 atom stereocenters. The molecule has 8 nitrogen and oxygen atoms in total. The van der Waals surface area contributed by atoms with Crippen LogP contribution in [0.3, 0.4) is 0 Å². The number of fused-ring (bicyclic) bond motifs is 4. The number of aliphatic imine (C=N–C) groups is 2. The zero-order valence-electron chi connectivity index (χ0n) is 21.6. The lowest BCUT2D eigenvalue weighted by molar-refractivity contribution is 0.403. The molecule has 41 heavy (non-hydrogen) atoms. The molecule has 0 saturated heterocycles. The molecule has 10 heteroatoms. The summed E-state index contributed by atoms with van der Waals surface area (Å²) in [5.74, 6) is 0.535. The van der Waals surface area contributed by atoms with E-state index in [1.54, 1.807) is 22.9 Å². The first-order valence-electron chi connectivity index (χ1n) is 12.8. The number of rotatable bonds is 3. The number of anilines is 2. The molecule has 5 aromatic rings. The highest BCUT2D eigenvalue weighted by Gasteiger charge is 2.41. The van der Waals surface area contributed by atoms with E-state index in [1.807, 2.05) is 66.4 Å². The monoisotopic (exact) mass is 564 g/mol. The van der Waals surface area contributed by atoms with Crippen molar-refractivity contribution in [2.45, 2.75) is 13.0 Å². The van der Waals surface area contributed by atoms with Crippen LogP contribution in [0.25, 0.3) is 5.69 Å². The van der Waals surface area contributed by atoms with Crippen molar-refractivity contribution in [3.63, 3.8) is 0 Å². The molecule has 7 rings (SSSR count). The van der Waals surface area contributed by atoms with E-state index in [2.05, 4.69) is 5.32 Å². The van der Waals surface area contributed by atoms with Gasteiger partial charge in [-0.1, -0.05) is 48.0 Å². The lowest BCUT2D eigenvalue weighted by Gasteiger charge is -2.40. The minimum absolute atomic E-state index is 0.0215. The van der Waals surface area contributed by atoms with Crippen LogP contribution in [0, 0.1) is 12.7 Å². The Hall–Kier alpha value is -5.15. The summed E-state index contributed by atoms with van der Waals surface area (Å²) in [6, 6.07) is 26.0. The normalized spacial score (nSPS) is 15.4. The van der Waals surface area contributed by atoms with E-state index in [4.69, 9.17) is 26.7 Å². The molecule has 0 amide bonds. The van der Waals surface area contributed by atoms with Gasteiger partial charge >= 0.3 is 0 Å². The molecule has 0 unspecified atom stereocenters. The van der Waals surface area contributed by atoms with Crippen molar-refractivity contribution in [1.29, 1.82) is 0 Å². The van der Waals surface area contributed by atoms with E-state index >= 15 is 0 Å². The Morgan fingerprint density at radius 3 is 2.44 bits per heavy atom. The third-order valence-electron chi connectivity index (χ3n) is 7.14. The van der Waals surface area contributed by atoms with Crippen LogP contribution in [-0.2, 0) is 0 Å². The third kappa shape index (κ3) is 4.09. The van der Waals surface area contributed by atoms with Crippen LogP contribution in [0.15, 0.2) is 101 Å². The number of aryl methyl sites for hydroxylation is 1. The number of benzene rings is 4. The molecule has 0 radical (unpaired) electrons. The molecule has 3 N–H and O–H groups in total. The highest BCUT2D eigenvalue weighted by atomic mass is 35.5. The molecule has 2 aliphatic heterocycles. The second-order valence-electron chi connectivity index (χ2n) is 9.73. The van der Waals surface area contributed by atoms with Crippen molar-refractivity contribution in [3.8, 4) is 17.2 Å². The predicted molar refractivity (Wildman–Crippen MR) is 158 cm³/mol. The number of amidine groups is 2. The Balaban J connectivity index is 1.50. The topological polar surface area (TPSA) is 98.3 Å². The Labute approximate surface area is 239 Å². The summed E-state index contributed by atoms with van der Waals surface area (Å²) in [6.07, 6.45) is 0. The molecule has 3 heterocycles. The summed E-state index contributed by atoms with van der Waals surface area (Å²) in [5, 5.41) is 28.8. The van der Waals surface area contributed by atoms with Crippen LogP contribution in [0.1, 0.15) is 22.9 Å². The van der Waals surface area contributed by atoms with Gasteiger partial charge in [-0.3, -0.25) is 0 Å². The number of nitrogens with one attached hydrogen (secondary N) is 1. The van der Waals surface area contributed by atoms with Crippen LogP contribution >= 0.6 is 11.6 Å². The largest absolute Gasteiger partial charge is 0.504 e. The summed E-state index contributed by atoms with van der Waals surface area (Å²) in [5.41, 5.74) is 5.15. The number of aromatic hydroxyl groups is 2. The number of phenolic OH excluding ortho intramolecular Hbond substituents is 2. The lowest BCUT2D eigenvalue weighted by Crippen LogP contribution is -2.46. The highest BCUT2D eigenvalue weighted by molar-refractivity contribution is 6.51. The molecule has 0 bridgehead atoms. The van der Waals surface area contributed by atoms with Crippen LogP contribution in [0.5, 0.6) is 11.5 Å². The molecule has 0 fully saturated rings. The van der Waals surface area contributed by atoms with Gasteiger partial charge in [0.1, 0.15) is 5.82 Å². The molecule has 2 aliphatic rings. The summed E-state index contributed by atoms with van der Waals surface area (Å²) < 4.78 is 15.7. The Kier molecular flexibility index (Phi) is 5.76. The van der Waals surface area contributed by atoms with Crippen LogP contribution < -0.4 is 10.2 Å². The Morgan fingerprint density at radius 1 is 0.878 bits per heavy atom. The smallest absolute Gasteiger partial charge is 0.179 e. The van der Waals surface area contributed by atoms with Crippen molar-refractivity contribution in [3.05, 3.63) is 119 Å². The predicted octanol–water partition coefficient (Wildman–Crippen LogP) is 7.18. The molecule has 1 aromatic heterocycles. The fourth-order valence-electron chi connectivity index (χ4n) is 5.28. The van der Waals surface area contributed by atoms with Crippen molar-refractivity contribution in [1.82, 2.24) is 9.78 Å². The number of para-hydroxylation sites is 3.